The third-order valence-corrected chi connectivity index (χ3v) is 4.16. The summed E-state index contributed by atoms with van der Waals surface area (Å²) >= 11 is 0. The summed E-state index contributed by atoms with van der Waals surface area (Å²) in [5.41, 5.74) is 2.13. The summed E-state index contributed by atoms with van der Waals surface area (Å²) < 4.78 is 6.70. The molecule has 0 spiro atoms. The third-order valence-electron chi connectivity index (χ3n) is 4.16. The van der Waals surface area contributed by atoms with E-state index in [0.717, 1.165) is 5.56 Å². The number of ether oxygens (including phenoxy) is 1. The van der Waals surface area contributed by atoms with Gasteiger partial charge in [0.1, 0.15) is 19.0 Å². The summed E-state index contributed by atoms with van der Waals surface area (Å²) in [5.74, 6) is -0.479. The molecule has 150 valence electrons. The Bertz CT molecular complexity index is 944. The van der Waals surface area contributed by atoms with Crippen molar-refractivity contribution in [2.75, 3.05) is 5.32 Å². The molecule has 0 radical (unpaired) electrons. The first-order valence-electron chi connectivity index (χ1n) is 9.14. The predicted octanol–water partition coefficient (Wildman–Crippen LogP) is 2.55. The predicted molar refractivity (Wildman–Crippen MR) is 106 cm³/mol. The van der Waals surface area contributed by atoms with Crippen LogP contribution in [0.15, 0.2) is 60.9 Å². The molecule has 1 aromatic heterocycles. The van der Waals surface area contributed by atoms with Crippen LogP contribution >= 0.6 is 0 Å². The molecule has 0 aliphatic heterocycles. The van der Waals surface area contributed by atoms with E-state index in [1.54, 1.807) is 18.2 Å². The first-order valence-corrected chi connectivity index (χ1v) is 9.14. The molecule has 0 aliphatic carbocycles. The molecule has 0 fully saturated rings. The fourth-order valence-corrected chi connectivity index (χ4v) is 2.65. The Morgan fingerprint density at radius 2 is 1.90 bits per heavy atom. The molecule has 1 heterocycles. The van der Waals surface area contributed by atoms with Gasteiger partial charge >= 0.3 is 6.09 Å². The topological polar surface area (TPSA) is 111 Å². The van der Waals surface area contributed by atoms with Crippen LogP contribution in [0, 0.1) is 5.92 Å². The SMILES string of the molecule is CC(C)C(NC(=O)OCc1ccccc1)C(=O)Nc1cccc(-n2cnnn2)c1. The Hall–Kier alpha value is -3.75. The van der Waals surface area contributed by atoms with Crippen molar-refractivity contribution in [3.63, 3.8) is 0 Å². The van der Waals surface area contributed by atoms with Gasteiger partial charge < -0.3 is 15.4 Å². The summed E-state index contributed by atoms with van der Waals surface area (Å²) in [6.45, 7) is 3.82. The summed E-state index contributed by atoms with van der Waals surface area (Å²) in [6, 6.07) is 15.6. The van der Waals surface area contributed by atoms with Crippen LogP contribution in [0.25, 0.3) is 5.69 Å². The van der Waals surface area contributed by atoms with Crippen LogP contribution < -0.4 is 10.6 Å². The number of hydrogen-bond acceptors (Lipinski definition) is 6. The van der Waals surface area contributed by atoms with Crippen LogP contribution in [0.4, 0.5) is 10.5 Å². The van der Waals surface area contributed by atoms with Gasteiger partial charge in [-0.15, -0.1) is 5.10 Å². The second kappa shape index (κ2) is 9.45. The molecule has 2 amide bonds. The van der Waals surface area contributed by atoms with Gasteiger partial charge in [0, 0.05) is 5.69 Å². The maximum Gasteiger partial charge on any atom is 0.408 e. The van der Waals surface area contributed by atoms with Crippen LogP contribution in [-0.4, -0.2) is 38.2 Å². The Balaban J connectivity index is 1.61. The zero-order valence-corrected chi connectivity index (χ0v) is 16.1. The van der Waals surface area contributed by atoms with E-state index in [1.165, 1.54) is 11.0 Å². The highest BCUT2D eigenvalue weighted by Gasteiger charge is 2.25. The molecule has 2 aromatic carbocycles. The van der Waals surface area contributed by atoms with Crippen molar-refractivity contribution in [1.29, 1.82) is 0 Å². The number of tetrazole rings is 1. The molecule has 0 saturated carbocycles. The lowest BCUT2D eigenvalue weighted by molar-refractivity contribution is -0.119. The van der Waals surface area contributed by atoms with Gasteiger partial charge in [-0.05, 0) is 40.1 Å². The number of aromatic nitrogens is 4. The van der Waals surface area contributed by atoms with Gasteiger partial charge in [-0.25, -0.2) is 9.48 Å². The zero-order chi connectivity index (χ0) is 20.6. The van der Waals surface area contributed by atoms with Gasteiger partial charge in [0.05, 0.1) is 5.69 Å². The van der Waals surface area contributed by atoms with Crippen molar-refractivity contribution in [3.05, 3.63) is 66.5 Å². The first-order chi connectivity index (χ1) is 14.0. The van der Waals surface area contributed by atoms with E-state index in [4.69, 9.17) is 4.74 Å². The Morgan fingerprint density at radius 3 is 2.59 bits per heavy atom. The molecule has 9 heteroatoms. The number of nitrogens with one attached hydrogen (secondary N) is 2. The first kappa shape index (κ1) is 20.0. The minimum Gasteiger partial charge on any atom is -0.445 e. The number of nitrogens with zero attached hydrogens (tertiary/aromatic N) is 4. The number of amides is 2. The normalized spacial score (nSPS) is 11.7. The number of hydrogen-bond donors (Lipinski definition) is 2. The standard InChI is InChI=1S/C20H22N6O3/c1-14(2)18(23-20(28)29-12-15-7-4-3-5-8-15)19(27)22-16-9-6-10-17(11-16)26-13-21-24-25-26/h3-11,13-14,18H,12H2,1-2H3,(H,22,27)(H,23,28). The molecule has 0 aliphatic rings. The van der Waals surface area contributed by atoms with Crippen LogP contribution in [-0.2, 0) is 16.1 Å². The summed E-state index contributed by atoms with van der Waals surface area (Å²) in [6.07, 6.45) is 0.812. The van der Waals surface area contributed by atoms with Crippen molar-refractivity contribution in [3.8, 4) is 5.69 Å². The third kappa shape index (κ3) is 5.61. The number of carbonyl (C=O) groups excluding carboxylic acids is 2. The van der Waals surface area contributed by atoms with Crippen LogP contribution in [0.1, 0.15) is 19.4 Å². The molecule has 3 rings (SSSR count). The van der Waals surface area contributed by atoms with E-state index in [-0.39, 0.29) is 18.4 Å². The van der Waals surface area contributed by atoms with Crippen LogP contribution in [0.2, 0.25) is 0 Å². The van der Waals surface area contributed by atoms with Gasteiger partial charge in [-0.3, -0.25) is 4.79 Å². The van der Waals surface area contributed by atoms with Crippen molar-refractivity contribution in [1.82, 2.24) is 25.5 Å². The molecule has 3 aromatic rings. The number of alkyl carbamates (subject to hydrolysis) is 1. The van der Waals surface area contributed by atoms with E-state index in [2.05, 4.69) is 26.2 Å². The van der Waals surface area contributed by atoms with Gasteiger partial charge in [-0.1, -0.05) is 50.2 Å². The molecule has 0 bridgehead atoms. The highest BCUT2D eigenvalue weighted by molar-refractivity contribution is 5.96. The summed E-state index contributed by atoms with van der Waals surface area (Å²) in [4.78, 5) is 24.9. The summed E-state index contributed by atoms with van der Waals surface area (Å²) in [7, 11) is 0. The second-order valence-electron chi connectivity index (χ2n) is 6.72. The Kier molecular flexibility index (Phi) is 6.51. The molecule has 9 nitrogen and oxygen atoms in total. The number of carbonyl (C=O) groups is 2. The molecular formula is C20H22N6O3. The van der Waals surface area contributed by atoms with Crippen LogP contribution in [0.3, 0.4) is 0 Å². The molecular weight excluding hydrogens is 372 g/mol. The van der Waals surface area contributed by atoms with Gasteiger partial charge in [0.2, 0.25) is 5.91 Å². The number of anilines is 1. The average Bonchev–Trinajstić information content (AvgIpc) is 3.26. The fraction of sp³-hybridized carbons (Fsp3) is 0.250. The smallest absolute Gasteiger partial charge is 0.408 e. The minimum atomic E-state index is -0.755. The summed E-state index contributed by atoms with van der Waals surface area (Å²) in [5, 5.41) is 16.5. The lowest BCUT2D eigenvalue weighted by Gasteiger charge is -2.21. The van der Waals surface area contributed by atoms with Crippen molar-refractivity contribution in [2.24, 2.45) is 5.92 Å². The Labute approximate surface area is 168 Å². The quantitative estimate of drug-likeness (QED) is 0.637. The van der Waals surface area contributed by atoms with Crippen LogP contribution in [0.5, 0.6) is 0 Å². The van der Waals surface area contributed by atoms with E-state index < -0.39 is 12.1 Å². The van der Waals surface area contributed by atoms with E-state index in [9.17, 15) is 9.59 Å². The number of rotatable bonds is 7. The van der Waals surface area contributed by atoms with Gasteiger partial charge in [0.25, 0.3) is 0 Å². The second-order valence-corrected chi connectivity index (χ2v) is 6.72. The number of benzene rings is 2. The lowest BCUT2D eigenvalue weighted by Crippen LogP contribution is -2.47. The van der Waals surface area contributed by atoms with E-state index >= 15 is 0 Å². The monoisotopic (exact) mass is 394 g/mol. The molecule has 1 unspecified atom stereocenters. The molecule has 1 atom stereocenters. The van der Waals surface area contributed by atoms with Gasteiger partial charge in [0.15, 0.2) is 0 Å². The molecule has 0 saturated heterocycles. The Morgan fingerprint density at radius 1 is 1.10 bits per heavy atom. The molecule has 29 heavy (non-hydrogen) atoms. The maximum atomic E-state index is 12.7. The van der Waals surface area contributed by atoms with Crippen molar-refractivity contribution in [2.45, 2.75) is 26.5 Å². The highest BCUT2D eigenvalue weighted by atomic mass is 16.5. The fourth-order valence-electron chi connectivity index (χ4n) is 2.65. The van der Waals surface area contributed by atoms with Crippen molar-refractivity contribution < 1.29 is 14.3 Å². The lowest BCUT2D eigenvalue weighted by atomic mass is 10.0. The zero-order valence-electron chi connectivity index (χ0n) is 16.1. The largest absolute Gasteiger partial charge is 0.445 e. The maximum absolute atomic E-state index is 12.7. The molecule has 2 N–H and O–H groups in total. The average molecular weight is 394 g/mol. The minimum absolute atomic E-state index is 0.132. The highest BCUT2D eigenvalue weighted by Crippen LogP contribution is 2.15. The van der Waals surface area contributed by atoms with Crippen molar-refractivity contribution >= 4 is 17.7 Å². The van der Waals surface area contributed by atoms with E-state index in [1.807, 2.05) is 50.2 Å². The van der Waals surface area contributed by atoms with Gasteiger partial charge in [-0.2, -0.15) is 0 Å². The van der Waals surface area contributed by atoms with E-state index in [0.29, 0.717) is 11.4 Å².